The summed E-state index contributed by atoms with van der Waals surface area (Å²) in [5, 5.41) is 2.15. The first kappa shape index (κ1) is 16.3. The molecule has 2 aromatic carbocycles. The molecule has 0 aliphatic carbocycles. The Bertz CT molecular complexity index is 581. The smallest absolute Gasteiger partial charge is 0.310 e. The SMILES string of the molecule is C.COc1ccc2cc(CC(=O)OCCCl)ccc2c1. The van der Waals surface area contributed by atoms with Crippen LogP contribution in [0.15, 0.2) is 36.4 Å². The topological polar surface area (TPSA) is 35.5 Å². The van der Waals surface area contributed by atoms with Gasteiger partial charge in [-0.3, -0.25) is 4.79 Å². The summed E-state index contributed by atoms with van der Waals surface area (Å²) in [6, 6.07) is 11.7. The lowest BCUT2D eigenvalue weighted by atomic mass is 10.0. The molecule has 20 heavy (non-hydrogen) atoms. The van der Waals surface area contributed by atoms with Gasteiger partial charge in [0.2, 0.25) is 0 Å². The minimum Gasteiger partial charge on any atom is -0.497 e. The van der Waals surface area contributed by atoms with Gasteiger partial charge in [-0.15, -0.1) is 11.6 Å². The predicted molar refractivity (Wildman–Crippen MR) is 82.6 cm³/mol. The molecule has 2 aromatic rings. The summed E-state index contributed by atoms with van der Waals surface area (Å²) in [4.78, 5) is 11.5. The van der Waals surface area contributed by atoms with Crippen LogP contribution in [-0.4, -0.2) is 25.6 Å². The average Bonchev–Trinajstić information content (AvgIpc) is 2.44. The lowest BCUT2D eigenvalue weighted by Crippen LogP contribution is -2.09. The number of carbonyl (C=O) groups excluding carboxylic acids is 1. The Labute approximate surface area is 124 Å². The van der Waals surface area contributed by atoms with E-state index >= 15 is 0 Å². The molecule has 0 saturated heterocycles. The monoisotopic (exact) mass is 294 g/mol. The van der Waals surface area contributed by atoms with Gasteiger partial charge >= 0.3 is 5.97 Å². The predicted octanol–water partition coefficient (Wildman–Crippen LogP) is 3.81. The fourth-order valence-corrected chi connectivity index (χ4v) is 1.96. The van der Waals surface area contributed by atoms with Gasteiger partial charge < -0.3 is 9.47 Å². The highest BCUT2D eigenvalue weighted by Gasteiger charge is 2.05. The Morgan fingerprint density at radius 2 is 1.85 bits per heavy atom. The fourth-order valence-electron chi connectivity index (χ4n) is 1.88. The minimum atomic E-state index is -0.256. The molecule has 0 amide bonds. The van der Waals surface area contributed by atoms with Gasteiger partial charge in [-0.2, -0.15) is 0 Å². The Hall–Kier alpha value is -1.74. The average molecular weight is 295 g/mol. The molecule has 0 saturated carbocycles. The van der Waals surface area contributed by atoms with Crippen molar-refractivity contribution in [3.8, 4) is 5.75 Å². The molecule has 0 fully saturated rings. The molecule has 108 valence electrons. The second-order valence-corrected chi connectivity index (χ2v) is 4.51. The van der Waals surface area contributed by atoms with Crippen molar-refractivity contribution in [1.82, 2.24) is 0 Å². The third kappa shape index (κ3) is 4.14. The van der Waals surface area contributed by atoms with Crippen molar-refractivity contribution in [2.24, 2.45) is 0 Å². The second kappa shape index (κ2) is 7.75. The number of ether oxygens (including phenoxy) is 2. The summed E-state index contributed by atoms with van der Waals surface area (Å²) < 4.78 is 10.1. The molecule has 0 radical (unpaired) electrons. The Morgan fingerprint density at radius 3 is 2.55 bits per heavy atom. The van der Waals surface area contributed by atoms with Gasteiger partial charge in [-0.05, 0) is 28.5 Å². The van der Waals surface area contributed by atoms with Gasteiger partial charge in [-0.1, -0.05) is 31.7 Å². The number of methoxy groups -OCH3 is 1. The molecule has 2 rings (SSSR count). The van der Waals surface area contributed by atoms with Crippen LogP contribution in [0.4, 0.5) is 0 Å². The van der Waals surface area contributed by atoms with Crippen LogP contribution in [0.25, 0.3) is 10.8 Å². The zero-order valence-corrected chi connectivity index (χ0v) is 11.4. The number of hydrogen-bond acceptors (Lipinski definition) is 3. The molecule has 0 unspecified atom stereocenters. The molecule has 0 heterocycles. The van der Waals surface area contributed by atoms with E-state index in [2.05, 4.69) is 0 Å². The minimum absolute atomic E-state index is 0. The maximum absolute atomic E-state index is 11.5. The number of benzene rings is 2. The van der Waals surface area contributed by atoms with E-state index in [0.717, 1.165) is 22.1 Å². The molecule has 0 aliphatic rings. The lowest BCUT2D eigenvalue weighted by Gasteiger charge is -2.06. The number of esters is 1. The van der Waals surface area contributed by atoms with Crippen molar-refractivity contribution in [2.45, 2.75) is 13.8 Å². The van der Waals surface area contributed by atoms with Gasteiger partial charge in [0, 0.05) is 0 Å². The highest BCUT2D eigenvalue weighted by molar-refractivity contribution is 6.18. The van der Waals surface area contributed by atoms with E-state index in [1.165, 1.54) is 0 Å². The van der Waals surface area contributed by atoms with Crippen molar-refractivity contribution in [3.05, 3.63) is 42.0 Å². The number of alkyl halides is 1. The van der Waals surface area contributed by atoms with E-state index in [1.54, 1.807) is 7.11 Å². The highest BCUT2D eigenvalue weighted by Crippen LogP contribution is 2.22. The van der Waals surface area contributed by atoms with E-state index in [1.807, 2.05) is 36.4 Å². The fraction of sp³-hybridized carbons (Fsp3) is 0.312. The normalized spacial score (nSPS) is 9.90. The third-order valence-corrected chi connectivity index (χ3v) is 2.95. The molecule has 3 nitrogen and oxygen atoms in total. The van der Waals surface area contributed by atoms with Crippen molar-refractivity contribution in [1.29, 1.82) is 0 Å². The molecule has 0 N–H and O–H groups in total. The Balaban J connectivity index is 0.00000200. The van der Waals surface area contributed by atoms with E-state index in [-0.39, 0.29) is 26.4 Å². The lowest BCUT2D eigenvalue weighted by molar-refractivity contribution is -0.142. The molecule has 0 aromatic heterocycles. The Kier molecular flexibility index (Phi) is 6.32. The Morgan fingerprint density at radius 1 is 1.15 bits per heavy atom. The molecule has 0 bridgehead atoms. The van der Waals surface area contributed by atoms with Crippen LogP contribution in [0, 0.1) is 0 Å². The van der Waals surface area contributed by atoms with Crippen molar-refractivity contribution in [2.75, 3.05) is 19.6 Å². The summed E-state index contributed by atoms with van der Waals surface area (Å²) in [7, 11) is 1.64. The van der Waals surface area contributed by atoms with E-state index in [4.69, 9.17) is 21.1 Å². The van der Waals surface area contributed by atoms with E-state index in [9.17, 15) is 4.79 Å². The molecule has 0 atom stereocenters. The van der Waals surface area contributed by atoms with Crippen molar-refractivity contribution < 1.29 is 14.3 Å². The first-order chi connectivity index (χ1) is 9.22. The van der Waals surface area contributed by atoms with Gasteiger partial charge in [0.1, 0.15) is 12.4 Å². The van der Waals surface area contributed by atoms with E-state index in [0.29, 0.717) is 5.88 Å². The van der Waals surface area contributed by atoms with Crippen molar-refractivity contribution >= 4 is 28.3 Å². The first-order valence-electron chi connectivity index (χ1n) is 6.01. The molecule has 0 aliphatic heterocycles. The quantitative estimate of drug-likeness (QED) is 0.621. The molecule has 0 spiro atoms. The molecular weight excluding hydrogens is 276 g/mol. The van der Waals surface area contributed by atoms with Crippen LogP contribution in [0.3, 0.4) is 0 Å². The summed E-state index contributed by atoms with van der Waals surface area (Å²) in [5.41, 5.74) is 0.928. The largest absolute Gasteiger partial charge is 0.497 e. The number of hydrogen-bond donors (Lipinski definition) is 0. The third-order valence-electron chi connectivity index (χ3n) is 2.80. The molecular formula is C16H19ClO3. The number of carbonyl (C=O) groups is 1. The zero-order valence-electron chi connectivity index (χ0n) is 10.7. The second-order valence-electron chi connectivity index (χ2n) is 4.13. The highest BCUT2D eigenvalue weighted by atomic mass is 35.5. The van der Waals surface area contributed by atoms with Crippen molar-refractivity contribution in [3.63, 3.8) is 0 Å². The van der Waals surface area contributed by atoms with Crippen LogP contribution in [0.1, 0.15) is 13.0 Å². The summed E-state index contributed by atoms with van der Waals surface area (Å²) in [5.74, 6) is 0.888. The maximum atomic E-state index is 11.5. The van der Waals surface area contributed by atoms with Gasteiger partial charge in [-0.25, -0.2) is 0 Å². The first-order valence-corrected chi connectivity index (χ1v) is 6.54. The number of halogens is 1. The summed E-state index contributed by atoms with van der Waals surface area (Å²) in [6.45, 7) is 0.255. The standard InChI is InChI=1S/C15H15ClO3.CH4/c1-18-14-5-4-12-8-11(2-3-13(12)10-14)9-15(17)19-7-6-16;/h2-5,8,10H,6-7,9H2,1H3;1H4. The van der Waals surface area contributed by atoms with E-state index < -0.39 is 0 Å². The zero-order chi connectivity index (χ0) is 13.7. The number of rotatable bonds is 5. The van der Waals surface area contributed by atoms with Crippen LogP contribution in [0.5, 0.6) is 5.75 Å². The summed E-state index contributed by atoms with van der Waals surface area (Å²) in [6.07, 6.45) is 0.263. The van der Waals surface area contributed by atoms with Crippen LogP contribution < -0.4 is 4.74 Å². The number of fused-ring (bicyclic) bond motifs is 1. The summed E-state index contributed by atoms with van der Waals surface area (Å²) >= 11 is 5.47. The van der Waals surface area contributed by atoms with Gasteiger partial charge in [0.05, 0.1) is 19.4 Å². The maximum Gasteiger partial charge on any atom is 0.310 e. The van der Waals surface area contributed by atoms with Gasteiger partial charge in [0.25, 0.3) is 0 Å². The van der Waals surface area contributed by atoms with Crippen LogP contribution in [0.2, 0.25) is 0 Å². The molecule has 4 heteroatoms. The van der Waals surface area contributed by atoms with Crippen LogP contribution in [-0.2, 0) is 16.0 Å². The van der Waals surface area contributed by atoms with Crippen LogP contribution >= 0.6 is 11.6 Å². The van der Waals surface area contributed by atoms with Gasteiger partial charge in [0.15, 0.2) is 0 Å².